The van der Waals surface area contributed by atoms with E-state index in [1.165, 1.54) is 23.1 Å². The number of nitrogens with one attached hydrogen (secondary N) is 2. The Hall–Kier alpha value is -2.64. The minimum Gasteiger partial charge on any atom is -0.357 e. The fourth-order valence-electron chi connectivity index (χ4n) is 3.79. The van der Waals surface area contributed by atoms with Crippen LogP contribution in [0, 0.1) is 0 Å². The molecule has 0 aliphatic heterocycles. The van der Waals surface area contributed by atoms with Crippen LogP contribution in [0.4, 0.5) is 0 Å². The zero-order chi connectivity index (χ0) is 19.0. The van der Waals surface area contributed by atoms with Gasteiger partial charge in [0.2, 0.25) is 15.9 Å². The molecule has 2 aromatic carbocycles. The highest BCUT2D eigenvalue weighted by Gasteiger charge is 2.29. The first-order chi connectivity index (χ1) is 12.9. The number of amides is 1. The summed E-state index contributed by atoms with van der Waals surface area (Å²) in [5.41, 5.74) is 4.16. The van der Waals surface area contributed by atoms with Crippen LogP contribution in [0.3, 0.4) is 0 Å². The molecule has 0 saturated heterocycles. The number of para-hydroxylation sites is 1. The lowest BCUT2D eigenvalue weighted by molar-refractivity contribution is -0.123. The van der Waals surface area contributed by atoms with E-state index in [2.05, 4.69) is 16.4 Å². The number of hydrogen-bond acceptors (Lipinski definition) is 3. The lowest BCUT2D eigenvalue weighted by Crippen LogP contribution is -2.31. The van der Waals surface area contributed by atoms with Crippen molar-refractivity contribution in [2.24, 2.45) is 5.14 Å². The smallest absolute Gasteiger partial charge is 0.238 e. The van der Waals surface area contributed by atoms with Crippen molar-refractivity contribution < 1.29 is 13.2 Å². The second-order valence-corrected chi connectivity index (χ2v) is 8.48. The van der Waals surface area contributed by atoms with Crippen LogP contribution in [-0.2, 0) is 27.8 Å². The van der Waals surface area contributed by atoms with Crippen molar-refractivity contribution in [1.29, 1.82) is 0 Å². The average molecular weight is 383 g/mol. The molecule has 0 radical (unpaired) electrons. The predicted octanol–water partition coefficient (Wildman–Crippen LogP) is 2.55. The molecule has 3 aromatic rings. The number of carbonyl (C=O) groups excluding carboxylic acids is 1. The van der Waals surface area contributed by atoms with Gasteiger partial charge in [0.15, 0.2) is 0 Å². The zero-order valence-electron chi connectivity index (χ0n) is 14.7. The van der Waals surface area contributed by atoms with E-state index >= 15 is 0 Å². The van der Waals surface area contributed by atoms with E-state index in [1.807, 2.05) is 18.2 Å². The summed E-state index contributed by atoms with van der Waals surface area (Å²) in [6, 6.07) is 14.4. The molecule has 0 bridgehead atoms. The van der Waals surface area contributed by atoms with Crippen LogP contribution >= 0.6 is 0 Å². The standard InChI is InChI=1S/C20H21N3O3S/c21-27(25,26)14-10-8-13(9-11-14)12-22-20(24)17-6-3-5-16-15-4-1-2-7-18(15)23-19(16)17/h1-2,4,7-11,17,23H,3,5-6,12H2,(H,22,24)(H2,21,25,26). The van der Waals surface area contributed by atoms with Crippen LogP contribution < -0.4 is 10.5 Å². The van der Waals surface area contributed by atoms with E-state index in [0.29, 0.717) is 6.54 Å². The number of aromatic nitrogens is 1. The summed E-state index contributed by atoms with van der Waals surface area (Å²) in [6.07, 6.45) is 2.78. The van der Waals surface area contributed by atoms with Crippen molar-refractivity contribution in [3.05, 3.63) is 65.4 Å². The molecule has 1 aromatic heterocycles. The number of H-pyrrole nitrogens is 1. The highest BCUT2D eigenvalue weighted by atomic mass is 32.2. The first-order valence-electron chi connectivity index (χ1n) is 8.92. The van der Waals surface area contributed by atoms with Gasteiger partial charge in [-0.05, 0) is 48.6 Å². The van der Waals surface area contributed by atoms with Gasteiger partial charge in [-0.25, -0.2) is 13.6 Å². The number of fused-ring (bicyclic) bond motifs is 3. The van der Waals surface area contributed by atoms with Crippen molar-refractivity contribution in [3.8, 4) is 0 Å². The molecule has 140 valence electrons. The molecule has 0 fully saturated rings. The van der Waals surface area contributed by atoms with Crippen molar-refractivity contribution in [1.82, 2.24) is 10.3 Å². The van der Waals surface area contributed by atoms with Gasteiger partial charge in [0.05, 0.1) is 10.8 Å². The van der Waals surface area contributed by atoms with Crippen molar-refractivity contribution in [2.45, 2.75) is 36.6 Å². The van der Waals surface area contributed by atoms with Crippen LogP contribution in [0.25, 0.3) is 10.9 Å². The quantitative estimate of drug-likeness (QED) is 0.645. The number of rotatable bonds is 4. The zero-order valence-corrected chi connectivity index (χ0v) is 15.6. The highest BCUT2D eigenvalue weighted by Crippen LogP contribution is 2.36. The van der Waals surface area contributed by atoms with E-state index in [9.17, 15) is 13.2 Å². The first-order valence-corrected chi connectivity index (χ1v) is 10.5. The maximum atomic E-state index is 12.8. The summed E-state index contributed by atoms with van der Waals surface area (Å²) in [5, 5.41) is 9.27. The van der Waals surface area contributed by atoms with Crippen LogP contribution in [0.15, 0.2) is 53.4 Å². The summed E-state index contributed by atoms with van der Waals surface area (Å²) in [4.78, 5) is 16.3. The fraction of sp³-hybridized carbons (Fsp3) is 0.250. The van der Waals surface area contributed by atoms with Crippen molar-refractivity contribution in [2.75, 3.05) is 0 Å². The van der Waals surface area contributed by atoms with Crippen LogP contribution in [0.2, 0.25) is 0 Å². The van der Waals surface area contributed by atoms with Gasteiger partial charge in [0.1, 0.15) is 0 Å². The summed E-state index contributed by atoms with van der Waals surface area (Å²) in [5.74, 6) is -0.206. The Morgan fingerprint density at radius 2 is 1.89 bits per heavy atom. The van der Waals surface area contributed by atoms with Crippen LogP contribution in [0.5, 0.6) is 0 Å². The molecule has 1 heterocycles. The third kappa shape index (κ3) is 3.48. The lowest BCUT2D eigenvalue weighted by Gasteiger charge is -2.22. The van der Waals surface area contributed by atoms with E-state index in [-0.39, 0.29) is 16.7 Å². The molecule has 1 amide bonds. The second kappa shape index (κ2) is 6.83. The van der Waals surface area contributed by atoms with Crippen LogP contribution in [-0.4, -0.2) is 19.3 Å². The van der Waals surface area contributed by atoms with Gasteiger partial charge in [-0.2, -0.15) is 0 Å². The topological polar surface area (TPSA) is 105 Å². The maximum absolute atomic E-state index is 12.8. The summed E-state index contributed by atoms with van der Waals surface area (Å²) >= 11 is 0. The third-order valence-electron chi connectivity index (χ3n) is 5.15. The highest BCUT2D eigenvalue weighted by molar-refractivity contribution is 7.89. The lowest BCUT2D eigenvalue weighted by atomic mass is 9.86. The van der Waals surface area contributed by atoms with Crippen molar-refractivity contribution in [3.63, 3.8) is 0 Å². The molecule has 7 heteroatoms. The molecule has 4 N–H and O–H groups in total. The number of nitrogens with two attached hydrogens (primary N) is 1. The van der Waals surface area contributed by atoms with E-state index in [1.54, 1.807) is 12.1 Å². The Morgan fingerprint density at radius 1 is 1.15 bits per heavy atom. The van der Waals surface area contributed by atoms with Gasteiger partial charge in [0, 0.05) is 23.1 Å². The second-order valence-electron chi connectivity index (χ2n) is 6.91. The minimum absolute atomic E-state index is 0.0157. The molecule has 0 spiro atoms. The number of carbonyl (C=O) groups is 1. The maximum Gasteiger partial charge on any atom is 0.238 e. The Morgan fingerprint density at radius 3 is 2.63 bits per heavy atom. The number of benzene rings is 2. The Labute approximate surface area is 157 Å². The number of aryl methyl sites for hydroxylation is 1. The van der Waals surface area contributed by atoms with E-state index in [4.69, 9.17) is 5.14 Å². The molecule has 1 unspecified atom stereocenters. The largest absolute Gasteiger partial charge is 0.357 e. The predicted molar refractivity (Wildman–Crippen MR) is 104 cm³/mol. The monoisotopic (exact) mass is 383 g/mol. The van der Waals surface area contributed by atoms with Gasteiger partial charge in [-0.15, -0.1) is 0 Å². The molecule has 4 rings (SSSR count). The summed E-state index contributed by atoms with van der Waals surface area (Å²) < 4.78 is 22.6. The molecule has 1 atom stereocenters. The Bertz CT molecular complexity index is 1100. The van der Waals surface area contributed by atoms with Crippen molar-refractivity contribution >= 4 is 26.8 Å². The summed E-state index contributed by atoms with van der Waals surface area (Å²) in [7, 11) is -3.71. The minimum atomic E-state index is -3.71. The number of primary sulfonamides is 1. The van der Waals surface area contributed by atoms with Gasteiger partial charge in [-0.1, -0.05) is 30.3 Å². The number of hydrogen-bond donors (Lipinski definition) is 3. The molecule has 0 saturated carbocycles. The molecule has 6 nitrogen and oxygen atoms in total. The average Bonchev–Trinajstić information content (AvgIpc) is 3.04. The molecular weight excluding hydrogens is 362 g/mol. The molecule has 1 aliphatic rings. The van der Waals surface area contributed by atoms with Gasteiger partial charge in [0.25, 0.3) is 0 Å². The van der Waals surface area contributed by atoms with Crippen LogP contribution in [0.1, 0.15) is 35.6 Å². The Balaban J connectivity index is 1.50. The van der Waals surface area contributed by atoms with Gasteiger partial charge >= 0.3 is 0 Å². The van der Waals surface area contributed by atoms with E-state index < -0.39 is 10.0 Å². The molecular formula is C20H21N3O3S. The SMILES string of the molecule is NS(=O)(=O)c1ccc(CNC(=O)C2CCCc3c2[nH]c2ccccc32)cc1. The third-order valence-corrected chi connectivity index (χ3v) is 6.08. The molecule has 27 heavy (non-hydrogen) atoms. The van der Waals surface area contributed by atoms with Gasteiger partial charge < -0.3 is 10.3 Å². The fourth-order valence-corrected chi connectivity index (χ4v) is 4.30. The Kier molecular flexibility index (Phi) is 4.49. The number of aromatic amines is 1. The van der Waals surface area contributed by atoms with E-state index in [0.717, 1.165) is 36.0 Å². The summed E-state index contributed by atoms with van der Waals surface area (Å²) in [6.45, 7) is 0.343. The van der Waals surface area contributed by atoms with Gasteiger partial charge in [-0.3, -0.25) is 4.79 Å². The first kappa shape index (κ1) is 17.8. The molecule has 1 aliphatic carbocycles. The number of sulfonamides is 1. The normalized spacial score (nSPS) is 16.9.